The van der Waals surface area contributed by atoms with E-state index in [-0.39, 0.29) is 0 Å². The molecule has 3 N–H and O–H groups in total. The monoisotopic (exact) mass is 284 g/mol. The van der Waals surface area contributed by atoms with Gasteiger partial charge in [0.25, 0.3) is 0 Å². The molecule has 0 aliphatic carbocycles. The Bertz CT molecular complexity index is 253. The lowest BCUT2D eigenvalue weighted by atomic mass is 9.90. The lowest BCUT2D eigenvalue weighted by Gasteiger charge is -2.32. The molecule has 2 unspecified atom stereocenters. The van der Waals surface area contributed by atoms with Gasteiger partial charge in [0.05, 0.1) is 6.10 Å². The van der Waals surface area contributed by atoms with E-state index in [0.717, 1.165) is 0 Å². The molecular formula is C9H14F6O3. The van der Waals surface area contributed by atoms with Crippen LogP contribution >= 0.6 is 0 Å². The Labute approximate surface area is 99.0 Å². The van der Waals surface area contributed by atoms with E-state index in [1.165, 1.54) is 0 Å². The lowest BCUT2D eigenvalue weighted by Crippen LogP contribution is -2.49. The van der Waals surface area contributed by atoms with Crippen LogP contribution in [0.5, 0.6) is 0 Å². The van der Waals surface area contributed by atoms with Crippen LogP contribution in [0.3, 0.4) is 0 Å². The van der Waals surface area contributed by atoms with Crippen LogP contribution in [0.25, 0.3) is 0 Å². The summed E-state index contributed by atoms with van der Waals surface area (Å²) in [5.41, 5.74) is -6.65. The molecule has 0 saturated heterocycles. The molecule has 0 saturated carbocycles. The van der Waals surface area contributed by atoms with E-state index < -0.39 is 42.5 Å². The molecule has 9 heteroatoms. The van der Waals surface area contributed by atoms with Gasteiger partial charge < -0.3 is 15.3 Å². The van der Waals surface area contributed by atoms with Crippen molar-refractivity contribution in [1.82, 2.24) is 0 Å². The lowest BCUT2D eigenvalue weighted by molar-refractivity contribution is -0.275. The second-order valence-corrected chi connectivity index (χ2v) is 4.61. The summed E-state index contributed by atoms with van der Waals surface area (Å²) in [4.78, 5) is 0. The smallest absolute Gasteiger partial charge is 0.393 e. The quantitative estimate of drug-likeness (QED) is 0.689. The van der Waals surface area contributed by atoms with Gasteiger partial charge in [0.15, 0.2) is 11.2 Å². The zero-order chi connectivity index (χ0) is 15.0. The van der Waals surface area contributed by atoms with Crippen LogP contribution in [0.4, 0.5) is 26.3 Å². The molecule has 0 fully saturated rings. The first-order chi connectivity index (χ1) is 7.60. The van der Waals surface area contributed by atoms with Gasteiger partial charge in [-0.1, -0.05) is 0 Å². The fraction of sp³-hybridized carbons (Fsp3) is 1.00. The van der Waals surface area contributed by atoms with E-state index >= 15 is 0 Å². The van der Waals surface area contributed by atoms with E-state index in [2.05, 4.69) is 0 Å². The molecule has 0 aromatic rings. The van der Waals surface area contributed by atoms with Crippen molar-refractivity contribution < 1.29 is 41.7 Å². The van der Waals surface area contributed by atoms with Crippen molar-refractivity contribution in [2.45, 2.75) is 56.3 Å². The third-order valence-corrected chi connectivity index (χ3v) is 2.49. The van der Waals surface area contributed by atoms with Crippen LogP contribution < -0.4 is 0 Å². The average molecular weight is 284 g/mol. The van der Waals surface area contributed by atoms with Crippen molar-refractivity contribution >= 4 is 0 Å². The van der Waals surface area contributed by atoms with Gasteiger partial charge in [-0.05, 0) is 13.8 Å². The highest BCUT2D eigenvalue weighted by molar-refractivity contribution is 4.89. The van der Waals surface area contributed by atoms with Crippen molar-refractivity contribution in [3.8, 4) is 0 Å². The Hall–Kier alpha value is -0.540. The summed E-state index contributed by atoms with van der Waals surface area (Å²) >= 11 is 0. The third kappa shape index (κ3) is 4.29. The van der Waals surface area contributed by atoms with Crippen LogP contribution in [0, 0.1) is 0 Å². The first kappa shape index (κ1) is 17.5. The van der Waals surface area contributed by atoms with Gasteiger partial charge in [-0.2, -0.15) is 26.3 Å². The summed E-state index contributed by atoms with van der Waals surface area (Å²) in [6.45, 7) is 0.664. The fourth-order valence-corrected chi connectivity index (χ4v) is 1.22. The van der Waals surface area contributed by atoms with Gasteiger partial charge >= 0.3 is 12.4 Å². The van der Waals surface area contributed by atoms with Gasteiger partial charge in [0, 0.05) is 12.8 Å². The summed E-state index contributed by atoms with van der Waals surface area (Å²) in [7, 11) is 0. The van der Waals surface area contributed by atoms with Crippen molar-refractivity contribution in [3.05, 3.63) is 0 Å². The maximum absolute atomic E-state index is 12.2. The Kier molecular flexibility index (Phi) is 4.71. The molecule has 0 aliphatic heterocycles. The molecule has 110 valence electrons. The highest BCUT2D eigenvalue weighted by Gasteiger charge is 2.54. The largest absolute Gasteiger partial charge is 0.416 e. The Morgan fingerprint density at radius 2 is 1.00 bits per heavy atom. The number of halogens is 6. The van der Waals surface area contributed by atoms with Gasteiger partial charge in [-0.15, -0.1) is 0 Å². The van der Waals surface area contributed by atoms with Crippen LogP contribution in [0.1, 0.15) is 26.7 Å². The predicted molar refractivity (Wildman–Crippen MR) is 48.6 cm³/mol. The number of hydrogen-bond acceptors (Lipinski definition) is 3. The molecule has 0 heterocycles. The highest BCUT2D eigenvalue weighted by atomic mass is 19.4. The van der Waals surface area contributed by atoms with E-state index in [1.807, 2.05) is 0 Å². The van der Waals surface area contributed by atoms with Crippen molar-refractivity contribution in [2.24, 2.45) is 0 Å². The second kappa shape index (κ2) is 4.86. The number of alkyl halides is 6. The summed E-state index contributed by atoms with van der Waals surface area (Å²) in [5.74, 6) is 0. The maximum Gasteiger partial charge on any atom is 0.416 e. The van der Waals surface area contributed by atoms with E-state index in [0.29, 0.717) is 13.8 Å². The Morgan fingerprint density at radius 1 is 0.778 bits per heavy atom. The Balaban J connectivity index is 4.69. The molecule has 0 rings (SSSR count). The summed E-state index contributed by atoms with van der Waals surface area (Å²) in [6, 6.07) is 0. The molecular weight excluding hydrogens is 270 g/mol. The Morgan fingerprint density at radius 3 is 1.17 bits per heavy atom. The van der Waals surface area contributed by atoms with Crippen LogP contribution in [0.2, 0.25) is 0 Å². The summed E-state index contributed by atoms with van der Waals surface area (Å²) < 4.78 is 73.3. The summed E-state index contributed by atoms with van der Waals surface area (Å²) in [6.07, 6.45) is -15.0. The van der Waals surface area contributed by atoms with Gasteiger partial charge in [0.1, 0.15) is 0 Å². The van der Waals surface area contributed by atoms with Crippen molar-refractivity contribution in [1.29, 1.82) is 0 Å². The average Bonchev–Trinajstić information content (AvgIpc) is 1.95. The summed E-state index contributed by atoms with van der Waals surface area (Å²) in [5, 5.41) is 27.1. The van der Waals surface area contributed by atoms with Crippen molar-refractivity contribution in [3.63, 3.8) is 0 Å². The molecule has 0 spiro atoms. The minimum absolute atomic E-state index is 0.332. The van der Waals surface area contributed by atoms with E-state index in [1.54, 1.807) is 0 Å². The molecule has 0 amide bonds. The van der Waals surface area contributed by atoms with Gasteiger partial charge in [0.2, 0.25) is 0 Å². The SMILES string of the molecule is CC(O)(CC(O)CC(C)(O)C(F)(F)F)C(F)(F)F. The van der Waals surface area contributed by atoms with E-state index in [4.69, 9.17) is 15.3 Å². The zero-order valence-electron chi connectivity index (χ0n) is 9.60. The van der Waals surface area contributed by atoms with Crippen LogP contribution in [0.15, 0.2) is 0 Å². The number of rotatable bonds is 4. The normalized spacial score (nSPS) is 22.2. The molecule has 18 heavy (non-hydrogen) atoms. The molecule has 0 aliphatic rings. The molecule has 0 aromatic carbocycles. The first-order valence-corrected chi connectivity index (χ1v) is 4.86. The van der Waals surface area contributed by atoms with E-state index in [9.17, 15) is 26.3 Å². The highest BCUT2D eigenvalue weighted by Crippen LogP contribution is 2.38. The number of aliphatic hydroxyl groups is 3. The maximum atomic E-state index is 12.2. The molecule has 3 nitrogen and oxygen atoms in total. The second-order valence-electron chi connectivity index (χ2n) is 4.61. The number of hydrogen-bond donors (Lipinski definition) is 3. The molecule has 0 aromatic heterocycles. The molecule has 0 radical (unpaired) electrons. The first-order valence-electron chi connectivity index (χ1n) is 4.86. The van der Waals surface area contributed by atoms with Crippen LogP contribution in [-0.4, -0.2) is 45.0 Å². The minimum atomic E-state index is -5.09. The predicted octanol–water partition coefficient (Wildman–Crippen LogP) is 1.75. The molecule has 2 atom stereocenters. The topological polar surface area (TPSA) is 60.7 Å². The standard InChI is InChI=1S/C9H14F6O3/c1-6(17,8(10,11)12)3-5(16)4-7(2,18)9(13,14)15/h5,16-18H,3-4H2,1-2H3. The van der Waals surface area contributed by atoms with Gasteiger partial charge in [-0.25, -0.2) is 0 Å². The van der Waals surface area contributed by atoms with Gasteiger partial charge in [-0.3, -0.25) is 0 Å². The van der Waals surface area contributed by atoms with Crippen molar-refractivity contribution in [2.75, 3.05) is 0 Å². The zero-order valence-corrected chi connectivity index (χ0v) is 9.60. The molecule has 0 bridgehead atoms. The minimum Gasteiger partial charge on any atom is -0.393 e. The van der Waals surface area contributed by atoms with Crippen LogP contribution in [-0.2, 0) is 0 Å². The fourth-order valence-electron chi connectivity index (χ4n) is 1.22. The number of aliphatic hydroxyl groups excluding tert-OH is 1. The third-order valence-electron chi connectivity index (χ3n) is 2.49.